The molecule has 3 nitrogen and oxygen atoms in total. The van der Waals surface area contributed by atoms with Crippen LogP contribution in [0.5, 0.6) is 0 Å². The number of rotatable bonds is 5. The number of ketones is 1. The van der Waals surface area contributed by atoms with Crippen molar-refractivity contribution in [2.75, 3.05) is 6.61 Å². The monoisotopic (exact) mass is 238 g/mol. The molecule has 0 rings (SSSR count). The third kappa shape index (κ3) is 6.20. The van der Waals surface area contributed by atoms with E-state index in [1.54, 1.807) is 20.8 Å². The van der Waals surface area contributed by atoms with Crippen molar-refractivity contribution in [2.45, 2.75) is 33.8 Å². The quantitative estimate of drug-likeness (QED) is 0.589. The first-order valence-corrected chi connectivity index (χ1v) is 4.55. The fraction of sp³-hybridized carbons (Fsp3) is 0.700. The zero-order valence-electron chi connectivity index (χ0n) is 9.11. The Balaban J connectivity index is 0. The zero-order valence-corrected chi connectivity index (χ0v) is 10.4. The summed E-state index contributed by atoms with van der Waals surface area (Å²) in [6, 6.07) is 0. The molecule has 0 aliphatic rings. The van der Waals surface area contributed by atoms with Crippen LogP contribution in [0.25, 0.3) is 0 Å². The van der Waals surface area contributed by atoms with Gasteiger partial charge in [0.15, 0.2) is 5.78 Å². The van der Waals surface area contributed by atoms with E-state index in [2.05, 4.69) is 0 Å². The third-order valence-electron chi connectivity index (χ3n) is 1.69. The van der Waals surface area contributed by atoms with E-state index in [1.165, 1.54) is 6.08 Å². The van der Waals surface area contributed by atoms with Gasteiger partial charge in [0.2, 0.25) is 0 Å². The van der Waals surface area contributed by atoms with Gasteiger partial charge < -0.3 is 9.84 Å². The van der Waals surface area contributed by atoms with Crippen molar-refractivity contribution >= 4 is 5.78 Å². The van der Waals surface area contributed by atoms with Gasteiger partial charge in [-0.15, -0.1) is 0 Å². The Labute approximate surface area is 96.3 Å². The van der Waals surface area contributed by atoms with Crippen molar-refractivity contribution in [1.29, 1.82) is 0 Å². The first-order chi connectivity index (χ1) is 5.99. The van der Waals surface area contributed by atoms with E-state index in [9.17, 15) is 9.90 Å². The summed E-state index contributed by atoms with van der Waals surface area (Å²) in [6.45, 7) is 7.65. The van der Waals surface area contributed by atoms with Gasteiger partial charge in [0.05, 0.1) is 0 Å². The average molecular weight is 238 g/mol. The Kier molecular flexibility index (Phi) is 9.28. The molecule has 0 aliphatic carbocycles. The van der Waals surface area contributed by atoms with Crippen LogP contribution in [0, 0.1) is 5.92 Å². The van der Waals surface area contributed by atoms with Crippen molar-refractivity contribution in [3.05, 3.63) is 11.8 Å². The SMILES string of the molecule is CCOC(C)/C(O)=C/C(=O)C(C)C.[Cr]. The minimum atomic E-state index is -0.396. The van der Waals surface area contributed by atoms with Gasteiger partial charge in [0, 0.05) is 36.0 Å². The van der Waals surface area contributed by atoms with E-state index in [0.29, 0.717) is 6.61 Å². The number of aliphatic hydroxyl groups excluding tert-OH is 1. The van der Waals surface area contributed by atoms with E-state index in [1.807, 2.05) is 6.92 Å². The normalized spacial score (nSPS) is 13.6. The molecule has 0 aromatic heterocycles. The molecule has 0 saturated heterocycles. The molecule has 82 valence electrons. The largest absolute Gasteiger partial charge is 0.509 e. The predicted molar refractivity (Wildman–Crippen MR) is 51.6 cm³/mol. The van der Waals surface area contributed by atoms with Crippen LogP contribution in [0.1, 0.15) is 27.7 Å². The maximum absolute atomic E-state index is 11.2. The maximum atomic E-state index is 11.2. The molecule has 0 heterocycles. The van der Waals surface area contributed by atoms with Gasteiger partial charge in [-0.25, -0.2) is 0 Å². The first-order valence-electron chi connectivity index (χ1n) is 4.55. The Morgan fingerprint density at radius 1 is 1.43 bits per heavy atom. The Hall–Kier alpha value is -0.298. The van der Waals surface area contributed by atoms with Crippen LogP contribution >= 0.6 is 0 Å². The second kappa shape index (κ2) is 8.05. The number of carbonyl (C=O) groups is 1. The van der Waals surface area contributed by atoms with Gasteiger partial charge in [0.25, 0.3) is 0 Å². The molecule has 4 heteroatoms. The molecule has 1 N–H and O–H groups in total. The van der Waals surface area contributed by atoms with E-state index in [0.717, 1.165) is 0 Å². The molecule has 0 radical (unpaired) electrons. The third-order valence-corrected chi connectivity index (χ3v) is 1.69. The Bertz CT molecular complexity index is 200. The molecule has 1 atom stereocenters. The fourth-order valence-corrected chi connectivity index (χ4v) is 0.765. The van der Waals surface area contributed by atoms with Crippen LogP contribution in [0.2, 0.25) is 0 Å². The van der Waals surface area contributed by atoms with E-state index in [-0.39, 0.29) is 34.8 Å². The van der Waals surface area contributed by atoms with Gasteiger partial charge in [-0.3, -0.25) is 4.79 Å². The van der Waals surface area contributed by atoms with Crippen molar-refractivity contribution in [2.24, 2.45) is 5.92 Å². The van der Waals surface area contributed by atoms with Gasteiger partial charge in [-0.2, -0.15) is 0 Å². The molecule has 0 amide bonds. The number of carbonyl (C=O) groups excluding carboxylic acids is 1. The van der Waals surface area contributed by atoms with Crippen LogP contribution in [0.4, 0.5) is 0 Å². The van der Waals surface area contributed by atoms with Crippen LogP contribution in [0.15, 0.2) is 11.8 Å². The first kappa shape index (κ1) is 16.1. The van der Waals surface area contributed by atoms with Gasteiger partial charge in [-0.05, 0) is 13.8 Å². The summed E-state index contributed by atoms with van der Waals surface area (Å²) >= 11 is 0. The number of aliphatic hydroxyl groups is 1. The summed E-state index contributed by atoms with van der Waals surface area (Å²) in [7, 11) is 0. The number of hydrogen-bond acceptors (Lipinski definition) is 3. The Morgan fingerprint density at radius 2 is 1.93 bits per heavy atom. The minimum Gasteiger partial charge on any atom is -0.509 e. The summed E-state index contributed by atoms with van der Waals surface area (Å²) in [5.41, 5.74) is 0. The molecule has 0 fully saturated rings. The van der Waals surface area contributed by atoms with Gasteiger partial charge in [-0.1, -0.05) is 13.8 Å². The molecule has 0 aliphatic heterocycles. The summed E-state index contributed by atoms with van der Waals surface area (Å²) in [6.07, 6.45) is 0.845. The number of allylic oxidation sites excluding steroid dienone is 1. The van der Waals surface area contributed by atoms with Crippen LogP contribution in [0.3, 0.4) is 0 Å². The fourth-order valence-electron chi connectivity index (χ4n) is 0.765. The second-order valence-electron chi connectivity index (χ2n) is 3.22. The second-order valence-corrected chi connectivity index (χ2v) is 3.22. The standard InChI is InChI=1S/C10H18O3.Cr/c1-5-13-8(4)10(12)6-9(11)7(2)3;/h6-8,12H,5H2,1-4H3;/b10-6-;. The molecule has 0 aromatic carbocycles. The maximum Gasteiger partial charge on any atom is 0.161 e. The van der Waals surface area contributed by atoms with Crippen molar-refractivity contribution < 1.29 is 32.0 Å². The number of ether oxygens (including phenoxy) is 1. The van der Waals surface area contributed by atoms with Crippen molar-refractivity contribution in [3.8, 4) is 0 Å². The predicted octanol–water partition coefficient (Wildman–Crippen LogP) is 2.08. The minimum absolute atomic E-state index is 0. The molecule has 0 spiro atoms. The summed E-state index contributed by atoms with van der Waals surface area (Å²) in [5, 5.41) is 9.38. The van der Waals surface area contributed by atoms with Crippen LogP contribution in [-0.4, -0.2) is 23.6 Å². The molecule has 14 heavy (non-hydrogen) atoms. The Morgan fingerprint density at radius 3 is 2.29 bits per heavy atom. The van der Waals surface area contributed by atoms with E-state index < -0.39 is 6.10 Å². The van der Waals surface area contributed by atoms with Crippen LogP contribution in [-0.2, 0) is 26.9 Å². The zero-order chi connectivity index (χ0) is 10.4. The molecular weight excluding hydrogens is 220 g/mol. The van der Waals surface area contributed by atoms with Gasteiger partial charge in [0.1, 0.15) is 11.9 Å². The molecule has 0 saturated carbocycles. The topological polar surface area (TPSA) is 46.5 Å². The van der Waals surface area contributed by atoms with Gasteiger partial charge >= 0.3 is 0 Å². The molecule has 1 unspecified atom stereocenters. The average Bonchev–Trinajstić information content (AvgIpc) is 2.04. The van der Waals surface area contributed by atoms with Crippen molar-refractivity contribution in [1.82, 2.24) is 0 Å². The summed E-state index contributed by atoms with van der Waals surface area (Å²) in [5.74, 6) is -0.166. The smallest absolute Gasteiger partial charge is 0.161 e. The van der Waals surface area contributed by atoms with E-state index >= 15 is 0 Å². The van der Waals surface area contributed by atoms with Crippen molar-refractivity contribution in [3.63, 3.8) is 0 Å². The summed E-state index contributed by atoms with van der Waals surface area (Å²) < 4.78 is 5.11. The molecule has 0 aromatic rings. The summed E-state index contributed by atoms with van der Waals surface area (Å²) in [4.78, 5) is 11.2. The molecular formula is C10H18CrO3. The van der Waals surface area contributed by atoms with Crippen LogP contribution < -0.4 is 0 Å². The van der Waals surface area contributed by atoms with E-state index in [4.69, 9.17) is 4.74 Å². The number of hydrogen-bond donors (Lipinski definition) is 1. The molecule has 0 bridgehead atoms.